The molecule has 4 N–H and O–H groups in total. The Morgan fingerprint density at radius 3 is 2.30 bits per heavy atom. The smallest absolute Gasteiger partial charge is 0.196 e. The quantitative estimate of drug-likeness (QED) is 0.397. The molecule has 2 rings (SSSR count). The summed E-state index contributed by atoms with van der Waals surface area (Å²) in [5.74, 6) is 0.474. The molecule has 27 heavy (non-hydrogen) atoms. The normalized spacial score (nSPS) is 11.4. The van der Waals surface area contributed by atoms with Crippen molar-refractivity contribution in [2.24, 2.45) is 0 Å². The molecule has 0 heterocycles. The number of hydrogen-bond donors (Lipinski definition) is 2. The minimum absolute atomic E-state index is 0.122. The van der Waals surface area contributed by atoms with Gasteiger partial charge in [0.1, 0.15) is 5.75 Å². The standard InChI is InChI=1S/C22H31N3O2/c1-15(2)25(16(3)4)12-7-13-27-21-9-6-5-8-18(21)22(26)17-10-11-19(23)20(24)14-17/h5-6,8-11,14-16H,7,12-13,23-24H2,1-4H3. The summed E-state index contributed by atoms with van der Waals surface area (Å²) in [4.78, 5) is 15.3. The Balaban J connectivity index is 2.05. The van der Waals surface area contributed by atoms with Gasteiger partial charge in [0.25, 0.3) is 0 Å². The Hall–Kier alpha value is -2.53. The zero-order valence-corrected chi connectivity index (χ0v) is 16.7. The summed E-state index contributed by atoms with van der Waals surface area (Å²) in [5, 5.41) is 0. The van der Waals surface area contributed by atoms with E-state index in [1.807, 2.05) is 18.2 Å². The highest BCUT2D eigenvalue weighted by Gasteiger charge is 2.16. The minimum Gasteiger partial charge on any atom is -0.493 e. The molecular formula is C22H31N3O2. The van der Waals surface area contributed by atoms with Crippen molar-refractivity contribution in [2.75, 3.05) is 24.6 Å². The summed E-state index contributed by atoms with van der Waals surface area (Å²) >= 11 is 0. The number of nitrogens with zero attached hydrogens (tertiary/aromatic N) is 1. The van der Waals surface area contributed by atoms with Crippen LogP contribution in [0.1, 0.15) is 50.0 Å². The topological polar surface area (TPSA) is 81.6 Å². The van der Waals surface area contributed by atoms with Crippen molar-refractivity contribution in [3.8, 4) is 5.75 Å². The fourth-order valence-corrected chi connectivity index (χ4v) is 3.19. The van der Waals surface area contributed by atoms with E-state index in [1.165, 1.54) is 0 Å². The molecule has 0 bridgehead atoms. The first-order valence-electron chi connectivity index (χ1n) is 9.48. The fraction of sp³-hybridized carbons (Fsp3) is 0.409. The number of benzene rings is 2. The second kappa shape index (κ2) is 9.42. The van der Waals surface area contributed by atoms with E-state index in [0.717, 1.165) is 13.0 Å². The van der Waals surface area contributed by atoms with Gasteiger partial charge in [-0.15, -0.1) is 0 Å². The number of anilines is 2. The van der Waals surface area contributed by atoms with Gasteiger partial charge in [-0.05, 0) is 64.4 Å². The third-order valence-corrected chi connectivity index (χ3v) is 4.63. The first-order valence-corrected chi connectivity index (χ1v) is 9.48. The van der Waals surface area contributed by atoms with E-state index in [1.54, 1.807) is 24.3 Å². The largest absolute Gasteiger partial charge is 0.493 e. The van der Waals surface area contributed by atoms with Gasteiger partial charge in [0.2, 0.25) is 0 Å². The molecule has 0 saturated carbocycles. The summed E-state index contributed by atoms with van der Waals surface area (Å²) in [5.41, 5.74) is 13.5. The highest BCUT2D eigenvalue weighted by molar-refractivity contribution is 6.11. The van der Waals surface area contributed by atoms with E-state index in [0.29, 0.717) is 46.9 Å². The van der Waals surface area contributed by atoms with E-state index in [4.69, 9.17) is 16.2 Å². The predicted molar refractivity (Wildman–Crippen MR) is 112 cm³/mol. The van der Waals surface area contributed by atoms with E-state index in [9.17, 15) is 4.79 Å². The average molecular weight is 370 g/mol. The molecule has 0 atom stereocenters. The Labute approximate surface area is 162 Å². The van der Waals surface area contributed by atoms with Crippen LogP contribution in [0.2, 0.25) is 0 Å². The van der Waals surface area contributed by atoms with Gasteiger partial charge in [0.15, 0.2) is 5.78 Å². The maximum Gasteiger partial charge on any atom is 0.196 e. The zero-order chi connectivity index (χ0) is 20.0. The minimum atomic E-state index is -0.122. The van der Waals surface area contributed by atoms with Gasteiger partial charge < -0.3 is 16.2 Å². The van der Waals surface area contributed by atoms with Crippen molar-refractivity contribution in [2.45, 2.75) is 46.2 Å². The Morgan fingerprint density at radius 2 is 1.67 bits per heavy atom. The molecule has 0 aromatic heterocycles. The number of nitrogen functional groups attached to an aromatic ring is 2. The number of ketones is 1. The summed E-state index contributed by atoms with van der Waals surface area (Å²) in [6.45, 7) is 10.3. The number of rotatable bonds is 9. The van der Waals surface area contributed by atoms with Crippen LogP contribution in [0.5, 0.6) is 5.75 Å². The molecule has 5 nitrogen and oxygen atoms in total. The fourth-order valence-electron chi connectivity index (χ4n) is 3.19. The highest BCUT2D eigenvalue weighted by Crippen LogP contribution is 2.24. The monoisotopic (exact) mass is 369 g/mol. The molecule has 0 spiro atoms. The van der Waals surface area contributed by atoms with E-state index >= 15 is 0 Å². The van der Waals surface area contributed by atoms with Crippen molar-refractivity contribution < 1.29 is 9.53 Å². The van der Waals surface area contributed by atoms with Crippen LogP contribution < -0.4 is 16.2 Å². The van der Waals surface area contributed by atoms with Gasteiger partial charge in [-0.1, -0.05) is 12.1 Å². The summed E-state index contributed by atoms with van der Waals surface area (Å²) < 4.78 is 5.94. The molecule has 2 aromatic carbocycles. The van der Waals surface area contributed by atoms with Crippen LogP contribution in [0.15, 0.2) is 42.5 Å². The molecule has 0 fully saturated rings. The molecular weight excluding hydrogens is 338 g/mol. The van der Waals surface area contributed by atoms with Crippen molar-refractivity contribution in [3.05, 3.63) is 53.6 Å². The molecule has 2 aromatic rings. The zero-order valence-electron chi connectivity index (χ0n) is 16.7. The highest BCUT2D eigenvalue weighted by atomic mass is 16.5. The van der Waals surface area contributed by atoms with Crippen LogP contribution in [0.25, 0.3) is 0 Å². The van der Waals surface area contributed by atoms with Crippen LogP contribution in [0.3, 0.4) is 0 Å². The third-order valence-electron chi connectivity index (χ3n) is 4.63. The first-order chi connectivity index (χ1) is 12.8. The van der Waals surface area contributed by atoms with Crippen LogP contribution in [0.4, 0.5) is 11.4 Å². The third kappa shape index (κ3) is 5.47. The van der Waals surface area contributed by atoms with Gasteiger partial charge >= 0.3 is 0 Å². The maximum atomic E-state index is 12.9. The number of nitrogens with two attached hydrogens (primary N) is 2. The second-order valence-corrected chi connectivity index (χ2v) is 7.30. The second-order valence-electron chi connectivity index (χ2n) is 7.30. The van der Waals surface area contributed by atoms with E-state index in [2.05, 4.69) is 32.6 Å². The van der Waals surface area contributed by atoms with E-state index < -0.39 is 0 Å². The van der Waals surface area contributed by atoms with Gasteiger partial charge in [-0.25, -0.2) is 0 Å². The first kappa shape index (κ1) is 20.8. The molecule has 0 radical (unpaired) electrons. The number of ether oxygens (including phenoxy) is 1. The summed E-state index contributed by atoms with van der Waals surface area (Å²) in [6, 6.07) is 13.3. The average Bonchev–Trinajstić information content (AvgIpc) is 2.63. The summed E-state index contributed by atoms with van der Waals surface area (Å²) in [6.07, 6.45) is 0.897. The van der Waals surface area contributed by atoms with Crippen molar-refractivity contribution >= 4 is 17.2 Å². The Kier molecular flexibility index (Phi) is 7.25. The van der Waals surface area contributed by atoms with Gasteiger partial charge in [-0.3, -0.25) is 9.69 Å². The number of para-hydroxylation sites is 1. The summed E-state index contributed by atoms with van der Waals surface area (Å²) in [7, 11) is 0. The van der Waals surface area contributed by atoms with Crippen LogP contribution in [-0.4, -0.2) is 35.9 Å². The molecule has 0 aliphatic carbocycles. The Morgan fingerprint density at radius 1 is 1.00 bits per heavy atom. The molecule has 146 valence electrons. The van der Waals surface area contributed by atoms with Crippen molar-refractivity contribution in [1.82, 2.24) is 4.90 Å². The lowest BCUT2D eigenvalue weighted by Gasteiger charge is -2.30. The van der Waals surface area contributed by atoms with Crippen LogP contribution >= 0.6 is 0 Å². The lowest BCUT2D eigenvalue weighted by molar-refractivity contribution is 0.103. The predicted octanol–water partition coefficient (Wildman–Crippen LogP) is 3.97. The van der Waals surface area contributed by atoms with Crippen LogP contribution in [-0.2, 0) is 0 Å². The lowest BCUT2D eigenvalue weighted by Crippen LogP contribution is -2.38. The molecule has 0 saturated heterocycles. The van der Waals surface area contributed by atoms with Crippen molar-refractivity contribution in [1.29, 1.82) is 0 Å². The maximum absolute atomic E-state index is 12.9. The number of hydrogen-bond acceptors (Lipinski definition) is 5. The van der Waals surface area contributed by atoms with Gasteiger partial charge in [0, 0.05) is 24.2 Å². The number of carbonyl (C=O) groups excluding carboxylic acids is 1. The van der Waals surface area contributed by atoms with Gasteiger partial charge in [-0.2, -0.15) is 0 Å². The lowest BCUT2D eigenvalue weighted by atomic mass is 10.0. The van der Waals surface area contributed by atoms with Crippen LogP contribution in [0, 0.1) is 0 Å². The Bertz CT molecular complexity index is 764. The molecule has 0 unspecified atom stereocenters. The number of carbonyl (C=O) groups is 1. The molecule has 0 aliphatic heterocycles. The van der Waals surface area contributed by atoms with E-state index in [-0.39, 0.29) is 5.78 Å². The molecule has 5 heteroatoms. The van der Waals surface area contributed by atoms with Gasteiger partial charge in [0.05, 0.1) is 23.5 Å². The molecule has 0 amide bonds. The SMILES string of the molecule is CC(C)N(CCCOc1ccccc1C(=O)c1ccc(N)c(N)c1)C(C)C. The van der Waals surface area contributed by atoms with Crippen molar-refractivity contribution in [3.63, 3.8) is 0 Å². The molecule has 0 aliphatic rings.